The van der Waals surface area contributed by atoms with E-state index in [9.17, 15) is 9.00 Å². The molecule has 4 nitrogen and oxygen atoms in total. The van der Waals surface area contributed by atoms with Crippen LogP contribution in [0.5, 0.6) is 0 Å². The van der Waals surface area contributed by atoms with Crippen molar-refractivity contribution in [1.82, 2.24) is 10.2 Å². The molecule has 2 aliphatic heterocycles. The van der Waals surface area contributed by atoms with Crippen LogP contribution in [0.4, 0.5) is 0 Å². The van der Waals surface area contributed by atoms with E-state index in [0.717, 1.165) is 50.3 Å². The summed E-state index contributed by atoms with van der Waals surface area (Å²) in [5.41, 5.74) is 0. The van der Waals surface area contributed by atoms with Crippen molar-refractivity contribution in [1.29, 1.82) is 0 Å². The zero-order chi connectivity index (χ0) is 11.4. The molecule has 2 saturated heterocycles. The lowest BCUT2D eigenvalue weighted by atomic mass is 10.1. The van der Waals surface area contributed by atoms with Gasteiger partial charge in [0.2, 0.25) is 5.91 Å². The molecule has 0 aromatic carbocycles. The normalized spacial score (nSPS) is 30.6. The van der Waals surface area contributed by atoms with Crippen LogP contribution in [-0.4, -0.2) is 52.2 Å². The quantitative estimate of drug-likeness (QED) is 0.766. The van der Waals surface area contributed by atoms with E-state index in [0.29, 0.717) is 12.6 Å². The minimum absolute atomic E-state index is 0.226. The molecule has 0 radical (unpaired) electrons. The highest BCUT2D eigenvalue weighted by molar-refractivity contribution is 7.85. The summed E-state index contributed by atoms with van der Waals surface area (Å²) in [4.78, 5) is 13.7. The first kappa shape index (κ1) is 12.0. The zero-order valence-corrected chi connectivity index (χ0v) is 10.4. The van der Waals surface area contributed by atoms with Crippen LogP contribution in [-0.2, 0) is 15.6 Å². The van der Waals surface area contributed by atoms with Crippen molar-refractivity contribution in [3.05, 3.63) is 0 Å². The molecule has 2 rings (SSSR count). The van der Waals surface area contributed by atoms with E-state index in [1.54, 1.807) is 0 Å². The summed E-state index contributed by atoms with van der Waals surface area (Å²) >= 11 is 0. The SMILES string of the molecule is O=C(CNC1CCS(=O)CC1)N1CCCC1. The van der Waals surface area contributed by atoms with Gasteiger partial charge in [0.25, 0.3) is 0 Å². The molecule has 2 heterocycles. The highest BCUT2D eigenvalue weighted by atomic mass is 32.2. The first-order valence-electron chi connectivity index (χ1n) is 6.12. The third-order valence-electron chi connectivity index (χ3n) is 3.39. The Labute approximate surface area is 99.2 Å². The maximum Gasteiger partial charge on any atom is 0.236 e. The van der Waals surface area contributed by atoms with Gasteiger partial charge in [-0.25, -0.2) is 0 Å². The Morgan fingerprint density at radius 2 is 1.88 bits per heavy atom. The monoisotopic (exact) mass is 244 g/mol. The van der Waals surface area contributed by atoms with Crippen LogP contribution < -0.4 is 5.32 Å². The molecule has 0 spiro atoms. The fraction of sp³-hybridized carbons (Fsp3) is 0.909. The van der Waals surface area contributed by atoms with Crippen molar-refractivity contribution in [2.45, 2.75) is 31.7 Å². The fourth-order valence-electron chi connectivity index (χ4n) is 2.31. The van der Waals surface area contributed by atoms with E-state index in [1.165, 1.54) is 0 Å². The van der Waals surface area contributed by atoms with Crippen molar-refractivity contribution in [3.63, 3.8) is 0 Å². The van der Waals surface area contributed by atoms with E-state index in [2.05, 4.69) is 5.32 Å². The van der Waals surface area contributed by atoms with Crippen LogP contribution in [0.15, 0.2) is 0 Å². The van der Waals surface area contributed by atoms with Crippen molar-refractivity contribution >= 4 is 16.7 Å². The van der Waals surface area contributed by atoms with Crippen LogP contribution in [0.3, 0.4) is 0 Å². The zero-order valence-electron chi connectivity index (χ0n) is 9.61. The van der Waals surface area contributed by atoms with Gasteiger partial charge in [-0.3, -0.25) is 9.00 Å². The van der Waals surface area contributed by atoms with Crippen LogP contribution >= 0.6 is 0 Å². The Bertz CT molecular complexity index is 267. The van der Waals surface area contributed by atoms with Gasteiger partial charge >= 0.3 is 0 Å². The number of likely N-dealkylation sites (tertiary alicyclic amines) is 1. The highest BCUT2D eigenvalue weighted by Crippen LogP contribution is 2.10. The number of hydrogen-bond acceptors (Lipinski definition) is 3. The Kier molecular flexibility index (Phi) is 4.35. The minimum Gasteiger partial charge on any atom is -0.342 e. The molecule has 2 aliphatic rings. The summed E-state index contributed by atoms with van der Waals surface area (Å²) in [5, 5.41) is 3.29. The summed E-state index contributed by atoms with van der Waals surface area (Å²) in [6.07, 6.45) is 4.18. The number of carbonyl (C=O) groups excluding carboxylic acids is 1. The summed E-state index contributed by atoms with van der Waals surface area (Å²) < 4.78 is 11.2. The fourth-order valence-corrected chi connectivity index (χ4v) is 3.61. The van der Waals surface area contributed by atoms with Gasteiger partial charge in [-0.05, 0) is 25.7 Å². The van der Waals surface area contributed by atoms with Crippen LogP contribution in [0.25, 0.3) is 0 Å². The predicted octanol–water partition coefficient (Wildman–Crippen LogP) is 0.110. The average molecular weight is 244 g/mol. The van der Waals surface area contributed by atoms with Crippen molar-refractivity contribution in [3.8, 4) is 0 Å². The number of carbonyl (C=O) groups is 1. The summed E-state index contributed by atoms with van der Waals surface area (Å²) in [6, 6.07) is 0.393. The van der Waals surface area contributed by atoms with Crippen LogP contribution in [0.1, 0.15) is 25.7 Å². The molecule has 0 aromatic heterocycles. The molecule has 0 atom stereocenters. The van der Waals surface area contributed by atoms with E-state index in [4.69, 9.17) is 0 Å². The second-order valence-corrected chi connectivity index (χ2v) is 6.29. The summed E-state index contributed by atoms with van der Waals surface area (Å²) in [7, 11) is -0.613. The Morgan fingerprint density at radius 3 is 2.50 bits per heavy atom. The Hall–Kier alpha value is -0.420. The lowest BCUT2D eigenvalue weighted by molar-refractivity contribution is -0.129. The predicted molar refractivity (Wildman–Crippen MR) is 64.7 cm³/mol. The summed E-state index contributed by atoms with van der Waals surface area (Å²) in [5.74, 6) is 1.80. The second kappa shape index (κ2) is 5.77. The number of amides is 1. The Balaban J connectivity index is 1.66. The topological polar surface area (TPSA) is 49.4 Å². The van der Waals surface area contributed by atoms with Gasteiger partial charge in [-0.15, -0.1) is 0 Å². The standard InChI is InChI=1S/C11H20N2O2S/c14-11(13-5-1-2-6-13)9-12-10-3-7-16(15)8-4-10/h10,12H,1-9H2. The average Bonchev–Trinajstić information content (AvgIpc) is 2.81. The van der Waals surface area contributed by atoms with Crippen molar-refractivity contribution in [2.75, 3.05) is 31.1 Å². The molecule has 16 heavy (non-hydrogen) atoms. The minimum atomic E-state index is -0.613. The van der Waals surface area contributed by atoms with E-state index >= 15 is 0 Å². The third-order valence-corrected chi connectivity index (χ3v) is 4.77. The molecule has 0 bridgehead atoms. The second-order valence-electron chi connectivity index (χ2n) is 4.59. The molecule has 1 N–H and O–H groups in total. The lowest BCUT2D eigenvalue weighted by Crippen LogP contribution is -2.42. The molecule has 0 saturated carbocycles. The lowest BCUT2D eigenvalue weighted by Gasteiger charge is -2.23. The smallest absolute Gasteiger partial charge is 0.236 e. The van der Waals surface area contributed by atoms with Crippen molar-refractivity contribution < 1.29 is 9.00 Å². The molecule has 0 unspecified atom stereocenters. The maximum atomic E-state index is 11.8. The number of rotatable bonds is 3. The van der Waals surface area contributed by atoms with Crippen LogP contribution in [0.2, 0.25) is 0 Å². The van der Waals surface area contributed by atoms with Gasteiger partial charge in [-0.1, -0.05) is 0 Å². The summed E-state index contributed by atoms with van der Waals surface area (Å²) in [6.45, 7) is 2.31. The Morgan fingerprint density at radius 1 is 1.25 bits per heavy atom. The molecule has 0 aromatic rings. The molecular formula is C11H20N2O2S. The van der Waals surface area contributed by atoms with Gasteiger partial charge in [0, 0.05) is 41.4 Å². The van der Waals surface area contributed by atoms with E-state index in [1.807, 2.05) is 4.90 Å². The van der Waals surface area contributed by atoms with Gasteiger partial charge in [0.15, 0.2) is 0 Å². The number of hydrogen-bond donors (Lipinski definition) is 1. The van der Waals surface area contributed by atoms with Gasteiger partial charge in [-0.2, -0.15) is 0 Å². The van der Waals surface area contributed by atoms with Gasteiger partial charge in [0.05, 0.1) is 6.54 Å². The first-order chi connectivity index (χ1) is 7.75. The molecule has 2 fully saturated rings. The molecule has 0 aliphatic carbocycles. The number of nitrogens with one attached hydrogen (secondary N) is 1. The number of nitrogens with zero attached hydrogens (tertiary/aromatic N) is 1. The first-order valence-corrected chi connectivity index (χ1v) is 7.60. The highest BCUT2D eigenvalue weighted by Gasteiger charge is 2.21. The van der Waals surface area contributed by atoms with E-state index < -0.39 is 10.8 Å². The maximum absolute atomic E-state index is 11.8. The molecule has 1 amide bonds. The van der Waals surface area contributed by atoms with E-state index in [-0.39, 0.29) is 5.91 Å². The largest absolute Gasteiger partial charge is 0.342 e. The molecule has 92 valence electrons. The van der Waals surface area contributed by atoms with Crippen molar-refractivity contribution in [2.24, 2.45) is 0 Å². The van der Waals surface area contributed by atoms with Gasteiger partial charge < -0.3 is 10.2 Å². The molecule has 5 heteroatoms. The van der Waals surface area contributed by atoms with Crippen LogP contribution in [0, 0.1) is 0 Å². The molecular weight excluding hydrogens is 224 g/mol. The van der Waals surface area contributed by atoms with Gasteiger partial charge in [0.1, 0.15) is 0 Å². The third kappa shape index (κ3) is 3.28.